The topological polar surface area (TPSA) is 176 Å². The van der Waals surface area contributed by atoms with Gasteiger partial charge >= 0.3 is 5.97 Å². The molecule has 0 aliphatic carbocycles. The summed E-state index contributed by atoms with van der Waals surface area (Å²) in [6.07, 6.45) is -0.933. The minimum Gasteiger partial charge on any atom is -0.462 e. The van der Waals surface area contributed by atoms with Crippen LogP contribution in [0.5, 0.6) is 0 Å². The number of hydrogen-bond donors (Lipinski definition) is 4. The van der Waals surface area contributed by atoms with Crippen molar-refractivity contribution >= 4 is 37.1 Å². The Morgan fingerprint density at radius 2 is 2.19 bits per heavy atom. The summed E-state index contributed by atoms with van der Waals surface area (Å²) in [6, 6.07) is 0. The predicted molar refractivity (Wildman–Crippen MR) is 113 cm³/mol. The third-order valence-corrected chi connectivity index (χ3v) is 5.65. The molecular formula is C17H28N7O6P. The highest BCUT2D eigenvalue weighted by Gasteiger charge is 2.43. The van der Waals surface area contributed by atoms with E-state index in [-0.39, 0.29) is 31.1 Å². The van der Waals surface area contributed by atoms with E-state index in [2.05, 4.69) is 25.4 Å². The van der Waals surface area contributed by atoms with Crippen LogP contribution in [0.3, 0.4) is 0 Å². The fraction of sp³-hybridized carbons (Fsp3) is 0.647. The molecule has 1 aliphatic rings. The summed E-state index contributed by atoms with van der Waals surface area (Å²) in [5.41, 5.74) is 6.77. The zero-order chi connectivity index (χ0) is 22.7. The highest BCUT2D eigenvalue weighted by atomic mass is 31.1. The zero-order valence-electron chi connectivity index (χ0n) is 17.7. The molecule has 5 atom stereocenters. The Bertz CT molecular complexity index is 954. The van der Waals surface area contributed by atoms with Gasteiger partial charge in [0.15, 0.2) is 17.0 Å². The molecule has 13 nitrogen and oxygen atoms in total. The molecule has 1 aliphatic heterocycles. The molecule has 14 heteroatoms. The lowest BCUT2D eigenvalue weighted by Gasteiger charge is -2.17. The van der Waals surface area contributed by atoms with Crippen molar-refractivity contribution in [1.82, 2.24) is 24.6 Å². The molecule has 1 fully saturated rings. The van der Waals surface area contributed by atoms with Crippen LogP contribution in [0.2, 0.25) is 0 Å². The van der Waals surface area contributed by atoms with E-state index >= 15 is 0 Å². The summed E-state index contributed by atoms with van der Waals surface area (Å²) in [6.45, 7) is 4.89. The van der Waals surface area contributed by atoms with Crippen LogP contribution in [0.15, 0.2) is 6.33 Å². The monoisotopic (exact) mass is 457 g/mol. The SMILES string of the molecule is CNc1nc(N)nc2c1ncn2[C@@H]1O[C@H](CO[PH](=O)NCC(=O)OC(C)C)[C@@H](O)[C@@H]1C. The number of fused-ring (bicyclic) bond motifs is 1. The highest BCUT2D eigenvalue weighted by Crippen LogP contribution is 2.37. The van der Waals surface area contributed by atoms with Crippen LogP contribution < -0.4 is 16.1 Å². The van der Waals surface area contributed by atoms with Crippen molar-refractivity contribution in [2.45, 2.75) is 45.3 Å². The smallest absolute Gasteiger partial charge is 0.320 e. The van der Waals surface area contributed by atoms with Crippen molar-refractivity contribution in [3.05, 3.63) is 6.33 Å². The van der Waals surface area contributed by atoms with Crippen LogP contribution in [-0.4, -0.2) is 69.1 Å². The maximum Gasteiger partial charge on any atom is 0.320 e. The third kappa shape index (κ3) is 5.31. The summed E-state index contributed by atoms with van der Waals surface area (Å²) < 4.78 is 29.9. The van der Waals surface area contributed by atoms with Crippen molar-refractivity contribution in [2.75, 3.05) is 31.2 Å². The molecule has 0 saturated carbocycles. The van der Waals surface area contributed by atoms with Gasteiger partial charge in [-0.05, 0) is 13.8 Å². The molecule has 2 aromatic heterocycles. The molecule has 2 aromatic rings. The van der Waals surface area contributed by atoms with E-state index in [1.54, 1.807) is 31.8 Å². The summed E-state index contributed by atoms with van der Waals surface area (Å²) in [5.74, 6) is -0.313. The number of nitrogens with two attached hydrogens (primary N) is 1. The number of imidazole rings is 1. The van der Waals surface area contributed by atoms with Crippen LogP contribution in [-0.2, 0) is 23.4 Å². The first-order chi connectivity index (χ1) is 14.7. The Hall–Kier alpha value is -2.31. The normalized spacial score (nSPS) is 24.6. The Morgan fingerprint density at radius 1 is 1.45 bits per heavy atom. The molecule has 3 rings (SSSR count). The van der Waals surface area contributed by atoms with E-state index in [4.69, 9.17) is 19.7 Å². The van der Waals surface area contributed by atoms with Crippen LogP contribution in [0.4, 0.5) is 11.8 Å². The molecule has 0 aromatic carbocycles. The second-order valence-electron chi connectivity index (χ2n) is 7.41. The van der Waals surface area contributed by atoms with Gasteiger partial charge in [-0.15, -0.1) is 0 Å². The average molecular weight is 457 g/mol. The van der Waals surface area contributed by atoms with Crippen LogP contribution >= 0.6 is 8.18 Å². The van der Waals surface area contributed by atoms with Gasteiger partial charge < -0.3 is 30.2 Å². The van der Waals surface area contributed by atoms with Gasteiger partial charge in [-0.3, -0.25) is 13.9 Å². The van der Waals surface area contributed by atoms with Gasteiger partial charge in [0, 0.05) is 13.0 Å². The van der Waals surface area contributed by atoms with E-state index in [1.807, 2.05) is 6.92 Å². The van der Waals surface area contributed by atoms with E-state index < -0.39 is 32.6 Å². The second kappa shape index (κ2) is 9.88. The van der Waals surface area contributed by atoms with E-state index in [1.165, 1.54) is 0 Å². The number of aliphatic hydroxyl groups excluding tert-OH is 1. The first-order valence-corrected chi connectivity index (χ1v) is 11.1. The Morgan fingerprint density at radius 3 is 2.87 bits per heavy atom. The second-order valence-corrected chi connectivity index (χ2v) is 8.63. The summed E-state index contributed by atoms with van der Waals surface area (Å²) in [7, 11) is -1.02. The molecule has 0 amide bonds. The molecule has 1 unspecified atom stereocenters. The van der Waals surface area contributed by atoms with E-state index in [0.717, 1.165) is 0 Å². The number of ether oxygens (including phenoxy) is 2. The average Bonchev–Trinajstić information content (AvgIpc) is 3.25. The molecule has 5 N–H and O–H groups in total. The maximum atomic E-state index is 12.0. The number of carbonyl (C=O) groups is 1. The molecule has 0 spiro atoms. The van der Waals surface area contributed by atoms with Crippen LogP contribution in [0.25, 0.3) is 11.2 Å². The van der Waals surface area contributed by atoms with Crippen LogP contribution in [0.1, 0.15) is 27.0 Å². The van der Waals surface area contributed by atoms with Crippen molar-refractivity contribution in [1.29, 1.82) is 0 Å². The first-order valence-electron chi connectivity index (χ1n) is 9.82. The maximum absolute atomic E-state index is 12.0. The number of nitrogen functional groups attached to an aromatic ring is 1. The Kier molecular flexibility index (Phi) is 7.44. The van der Waals surface area contributed by atoms with Gasteiger partial charge in [0.05, 0.1) is 25.1 Å². The lowest BCUT2D eigenvalue weighted by molar-refractivity contribution is -0.145. The number of esters is 1. The van der Waals surface area contributed by atoms with Gasteiger partial charge in [-0.25, -0.2) is 10.1 Å². The number of rotatable bonds is 9. The van der Waals surface area contributed by atoms with Crippen molar-refractivity contribution in [2.24, 2.45) is 5.92 Å². The summed E-state index contributed by atoms with van der Waals surface area (Å²) in [5, 5.41) is 16.0. The van der Waals surface area contributed by atoms with Gasteiger partial charge in [0.2, 0.25) is 5.95 Å². The molecule has 31 heavy (non-hydrogen) atoms. The van der Waals surface area contributed by atoms with Gasteiger partial charge in [0.25, 0.3) is 8.18 Å². The van der Waals surface area contributed by atoms with E-state index in [0.29, 0.717) is 17.0 Å². The number of nitrogens with zero attached hydrogens (tertiary/aromatic N) is 4. The van der Waals surface area contributed by atoms with Gasteiger partial charge in [-0.2, -0.15) is 9.97 Å². The van der Waals surface area contributed by atoms with Crippen molar-refractivity contribution < 1.29 is 28.5 Å². The van der Waals surface area contributed by atoms with Gasteiger partial charge in [0.1, 0.15) is 18.9 Å². The van der Waals surface area contributed by atoms with E-state index in [9.17, 15) is 14.5 Å². The lowest BCUT2D eigenvalue weighted by atomic mass is 10.0. The largest absolute Gasteiger partial charge is 0.462 e. The third-order valence-electron chi connectivity index (χ3n) is 4.76. The summed E-state index contributed by atoms with van der Waals surface area (Å²) in [4.78, 5) is 24.2. The standard InChI is InChI=1S/C17H28N7O6P/c1-8(2)29-11(25)5-21-31(27)28-6-10-13(26)9(3)16(30-10)24-7-20-12-14(19-4)22-17(18)23-15(12)24/h7-10,13,16,26,31H,5-6H2,1-4H3,(H,21,27)(H3,18,19,22,23)/t9-,10+,13-,16+/m0/s1. The number of nitrogens with one attached hydrogen (secondary N) is 2. The van der Waals surface area contributed by atoms with Crippen molar-refractivity contribution in [3.8, 4) is 0 Å². The van der Waals surface area contributed by atoms with Crippen LogP contribution in [0, 0.1) is 5.92 Å². The minimum atomic E-state index is -2.72. The Balaban J connectivity index is 1.63. The number of anilines is 2. The quantitative estimate of drug-likeness (QED) is 0.299. The molecule has 0 bridgehead atoms. The number of aromatic nitrogens is 4. The highest BCUT2D eigenvalue weighted by molar-refractivity contribution is 7.36. The molecule has 172 valence electrons. The predicted octanol–water partition coefficient (Wildman–Crippen LogP) is 0.292. The fourth-order valence-electron chi connectivity index (χ4n) is 3.30. The molecule has 3 heterocycles. The summed E-state index contributed by atoms with van der Waals surface area (Å²) >= 11 is 0. The minimum absolute atomic E-state index is 0.0744. The van der Waals surface area contributed by atoms with Crippen molar-refractivity contribution in [3.63, 3.8) is 0 Å². The first kappa shape index (κ1) is 23.4. The number of hydrogen-bond acceptors (Lipinski definition) is 11. The lowest BCUT2D eigenvalue weighted by Crippen LogP contribution is -2.29. The number of aliphatic hydroxyl groups is 1. The molecular weight excluding hydrogens is 429 g/mol. The number of carbonyl (C=O) groups excluding carboxylic acids is 1. The fourth-order valence-corrected chi connectivity index (χ4v) is 4.01. The zero-order valence-corrected chi connectivity index (χ0v) is 18.7. The van der Waals surface area contributed by atoms with Gasteiger partial charge in [-0.1, -0.05) is 6.92 Å². The molecule has 0 radical (unpaired) electrons. The Labute approximate surface area is 179 Å². The molecule has 1 saturated heterocycles.